The second kappa shape index (κ2) is 7.39. The summed E-state index contributed by atoms with van der Waals surface area (Å²) in [6.07, 6.45) is 5.51. The highest BCUT2D eigenvalue weighted by atomic mass is 16.5. The van der Waals surface area contributed by atoms with Gasteiger partial charge in [-0.05, 0) is 30.5 Å². The zero-order valence-electron chi connectivity index (χ0n) is 14.3. The summed E-state index contributed by atoms with van der Waals surface area (Å²) in [7, 11) is 0. The van der Waals surface area contributed by atoms with Gasteiger partial charge in [0, 0.05) is 30.6 Å². The Kier molecular flexibility index (Phi) is 4.64. The van der Waals surface area contributed by atoms with E-state index in [9.17, 15) is 4.79 Å². The van der Waals surface area contributed by atoms with Crippen LogP contribution in [0.25, 0.3) is 11.3 Å². The monoisotopic (exact) mass is 348 g/mol. The van der Waals surface area contributed by atoms with E-state index in [0.29, 0.717) is 12.3 Å². The zero-order chi connectivity index (χ0) is 17.8. The molecule has 0 saturated carbocycles. The van der Waals surface area contributed by atoms with E-state index >= 15 is 0 Å². The van der Waals surface area contributed by atoms with E-state index in [1.54, 1.807) is 12.4 Å². The topological polar surface area (TPSA) is 71.3 Å². The number of benzene rings is 1. The molecule has 6 heteroatoms. The molecule has 1 saturated heterocycles. The number of likely N-dealkylation sites (tertiary alicyclic amines) is 1. The van der Waals surface area contributed by atoms with Crippen LogP contribution in [0.5, 0.6) is 0 Å². The third-order valence-corrected chi connectivity index (χ3v) is 4.65. The molecule has 0 radical (unpaired) electrons. The van der Waals surface area contributed by atoms with Crippen LogP contribution in [-0.2, 0) is 6.54 Å². The van der Waals surface area contributed by atoms with Crippen LogP contribution in [0.3, 0.4) is 0 Å². The van der Waals surface area contributed by atoms with Crippen LogP contribution in [-0.4, -0.2) is 27.6 Å². The maximum absolute atomic E-state index is 12.6. The summed E-state index contributed by atoms with van der Waals surface area (Å²) in [5, 5.41) is 7.02. The Morgan fingerprint density at radius 2 is 2.00 bits per heavy atom. The van der Waals surface area contributed by atoms with Crippen molar-refractivity contribution in [1.82, 2.24) is 20.4 Å². The number of carbonyl (C=O) groups is 1. The summed E-state index contributed by atoms with van der Waals surface area (Å²) in [5.74, 6) is 0.636. The molecular weight excluding hydrogens is 328 g/mol. The van der Waals surface area contributed by atoms with Crippen molar-refractivity contribution < 1.29 is 9.32 Å². The Labute approximate surface area is 151 Å². The Hall–Kier alpha value is -3.15. The quantitative estimate of drug-likeness (QED) is 0.779. The number of rotatable bonds is 4. The number of nitrogens with zero attached hydrogens (tertiary/aromatic N) is 3. The van der Waals surface area contributed by atoms with Crippen molar-refractivity contribution in [3.8, 4) is 11.3 Å². The van der Waals surface area contributed by atoms with Crippen LogP contribution in [0.15, 0.2) is 65.4 Å². The predicted octanol–water partition coefficient (Wildman–Crippen LogP) is 3.78. The van der Waals surface area contributed by atoms with Crippen molar-refractivity contribution in [1.29, 1.82) is 0 Å². The second-order valence-electron chi connectivity index (χ2n) is 6.34. The minimum Gasteiger partial charge on any atom is -0.359 e. The van der Waals surface area contributed by atoms with Gasteiger partial charge in [0.25, 0.3) is 0 Å². The third kappa shape index (κ3) is 3.44. The van der Waals surface area contributed by atoms with Crippen LogP contribution < -0.4 is 5.32 Å². The van der Waals surface area contributed by atoms with E-state index in [1.807, 2.05) is 53.4 Å². The first-order valence-corrected chi connectivity index (χ1v) is 8.76. The van der Waals surface area contributed by atoms with Gasteiger partial charge in [0.15, 0.2) is 5.76 Å². The predicted molar refractivity (Wildman–Crippen MR) is 97.1 cm³/mol. The molecule has 2 amide bonds. The smallest absolute Gasteiger partial charge is 0.318 e. The average Bonchev–Trinajstić information content (AvgIpc) is 3.37. The minimum absolute atomic E-state index is 0.0815. The first-order chi connectivity index (χ1) is 12.8. The van der Waals surface area contributed by atoms with Crippen LogP contribution in [0.2, 0.25) is 0 Å². The van der Waals surface area contributed by atoms with E-state index in [1.165, 1.54) is 0 Å². The highest BCUT2D eigenvalue weighted by Gasteiger charge is 2.29. The fourth-order valence-electron chi connectivity index (χ4n) is 3.35. The molecule has 1 aromatic carbocycles. The third-order valence-electron chi connectivity index (χ3n) is 4.65. The van der Waals surface area contributed by atoms with E-state index in [0.717, 1.165) is 36.2 Å². The summed E-state index contributed by atoms with van der Waals surface area (Å²) in [5.41, 5.74) is 2.88. The Morgan fingerprint density at radius 3 is 2.81 bits per heavy atom. The molecule has 0 aliphatic carbocycles. The Balaban J connectivity index is 1.39. The van der Waals surface area contributed by atoms with Gasteiger partial charge in [-0.25, -0.2) is 4.79 Å². The van der Waals surface area contributed by atoms with Crippen molar-refractivity contribution in [3.05, 3.63) is 72.2 Å². The minimum atomic E-state index is -0.0815. The van der Waals surface area contributed by atoms with Crippen molar-refractivity contribution in [2.75, 3.05) is 6.54 Å². The summed E-state index contributed by atoms with van der Waals surface area (Å²) >= 11 is 0. The standard InChI is InChI=1S/C20H20N4O2/c25-20(24-12-4-7-19(24)16-8-10-21-11-9-16)22-14-17-13-18(23-26-17)15-5-2-1-3-6-15/h1-3,5-6,8-11,13,19H,4,7,12,14H2,(H,22,25)/t19-/m1/s1. The molecule has 1 atom stereocenters. The van der Waals surface area contributed by atoms with Gasteiger partial charge >= 0.3 is 6.03 Å². The van der Waals surface area contributed by atoms with E-state index in [-0.39, 0.29) is 12.1 Å². The molecule has 6 nitrogen and oxygen atoms in total. The summed E-state index contributed by atoms with van der Waals surface area (Å²) in [6, 6.07) is 15.6. The first kappa shape index (κ1) is 16.3. The van der Waals surface area contributed by atoms with Gasteiger partial charge in [0.05, 0.1) is 12.6 Å². The highest BCUT2D eigenvalue weighted by molar-refractivity contribution is 5.75. The number of amides is 2. The molecule has 1 N–H and O–H groups in total. The zero-order valence-corrected chi connectivity index (χ0v) is 14.3. The molecule has 3 heterocycles. The highest BCUT2D eigenvalue weighted by Crippen LogP contribution is 2.31. The van der Waals surface area contributed by atoms with Crippen molar-refractivity contribution in [3.63, 3.8) is 0 Å². The molecule has 132 valence electrons. The number of urea groups is 1. The molecule has 0 unspecified atom stereocenters. The second-order valence-corrected chi connectivity index (χ2v) is 6.34. The maximum atomic E-state index is 12.6. The van der Waals surface area contributed by atoms with Crippen LogP contribution in [0, 0.1) is 0 Å². The van der Waals surface area contributed by atoms with Crippen LogP contribution >= 0.6 is 0 Å². The SMILES string of the molecule is O=C(NCc1cc(-c2ccccc2)no1)N1CCC[C@@H]1c1ccncc1. The van der Waals surface area contributed by atoms with Gasteiger partial charge in [-0.2, -0.15) is 0 Å². The summed E-state index contributed by atoms with van der Waals surface area (Å²) in [4.78, 5) is 18.5. The molecule has 0 bridgehead atoms. The molecule has 1 fully saturated rings. The number of carbonyl (C=O) groups excluding carboxylic acids is 1. The molecule has 2 aromatic heterocycles. The van der Waals surface area contributed by atoms with Gasteiger partial charge in [-0.1, -0.05) is 35.5 Å². The molecular formula is C20H20N4O2. The van der Waals surface area contributed by atoms with Crippen molar-refractivity contribution >= 4 is 6.03 Å². The summed E-state index contributed by atoms with van der Waals surface area (Å²) < 4.78 is 5.35. The molecule has 0 spiro atoms. The maximum Gasteiger partial charge on any atom is 0.318 e. The number of hydrogen-bond donors (Lipinski definition) is 1. The lowest BCUT2D eigenvalue weighted by atomic mass is 10.1. The van der Waals surface area contributed by atoms with Crippen LogP contribution in [0.4, 0.5) is 4.79 Å². The molecule has 1 aliphatic rings. The molecule has 1 aliphatic heterocycles. The number of hydrogen-bond acceptors (Lipinski definition) is 4. The van der Waals surface area contributed by atoms with Gasteiger partial charge < -0.3 is 14.7 Å². The molecule has 4 rings (SSSR count). The van der Waals surface area contributed by atoms with Gasteiger partial charge in [0.1, 0.15) is 5.69 Å². The number of pyridine rings is 1. The molecule has 3 aromatic rings. The van der Waals surface area contributed by atoms with Gasteiger partial charge in [-0.3, -0.25) is 4.98 Å². The van der Waals surface area contributed by atoms with Gasteiger partial charge in [-0.15, -0.1) is 0 Å². The fraction of sp³-hybridized carbons (Fsp3) is 0.250. The number of aromatic nitrogens is 2. The fourth-order valence-corrected chi connectivity index (χ4v) is 3.35. The lowest BCUT2D eigenvalue weighted by Gasteiger charge is -2.25. The van der Waals surface area contributed by atoms with Gasteiger partial charge in [0.2, 0.25) is 0 Å². The average molecular weight is 348 g/mol. The lowest BCUT2D eigenvalue weighted by molar-refractivity contribution is 0.191. The normalized spacial score (nSPS) is 16.6. The Morgan fingerprint density at radius 1 is 1.19 bits per heavy atom. The largest absolute Gasteiger partial charge is 0.359 e. The van der Waals surface area contributed by atoms with E-state index in [2.05, 4.69) is 15.5 Å². The Bertz CT molecular complexity index is 864. The first-order valence-electron chi connectivity index (χ1n) is 8.76. The lowest BCUT2D eigenvalue weighted by Crippen LogP contribution is -2.39. The molecule has 26 heavy (non-hydrogen) atoms. The number of nitrogens with one attached hydrogen (secondary N) is 1. The van der Waals surface area contributed by atoms with Crippen LogP contribution in [0.1, 0.15) is 30.2 Å². The van der Waals surface area contributed by atoms with E-state index in [4.69, 9.17) is 4.52 Å². The summed E-state index contributed by atoms with van der Waals surface area (Å²) in [6.45, 7) is 1.07. The van der Waals surface area contributed by atoms with E-state index < -0.39 is 0 Å². The van der Waals surface area contributed by atoms with Crippen molar-refractivity contribution in [2.24, 2.45) is 0 Å². The van der Waals surface area contributed by atoms with Crippen molar-refractivity contribution in [2.45, 2.75) is 25.4 Å².